The molecule has 1 atom stereocenters. The molecule has 0 fully saturated rings. The summed E-state index contributed by atoms with van der Waals surface area (Å²) in [6.45, 7) is 1.86. The predicted molar refractivity (Wildman–Crippen MR) is 147 cm³/mol. The zero-order valence-corrected chi connectivity index (χ0v) is 22.2. The van der Waals surface area contributed by atoms with Gasteiger partial charge in [0.1, 0.15) is 0 Å². The molecule has 9 heteroatoms. The molecule has 0 aliphatic rings. The van der Waals surface area contributed by atoms with Crippen LogP contribution in [-0.2, 0) is 27.8 Å². The van der Waals surface area contributed by atoms with Crippen LogP contribution in [0.25, 0.3) is 0 Å². The number of rotatable bonds is 9. The third kappa shape index (κ3) is 6.64. The molecule has 3 aromatic carbocycles. The van der Waals surface area contributed by atoms with Crippen LogP contribution in [0.4, 0.5) is 5.69 Å². The van der Waals surface area contributed by atoms with Gasteiger partial charge in [-0.25, -0.2) is 8.42 Å². The van der Waals surface area contributed by atoms with E-state index in [0.717, 1.165) is 11.1 Å². The van der Waals surface area contributed by atoms with E-state index < -0.39 is 16.1 Å². The zero-order valence-electron chi connectivity index (χ0n) is 20.6. The Morgan fingerprint density at radius 2 is 1.76 bits per heavy atom. The molecule has 1 amide bonds. The molecule has 0 spiro atoms. The number of anilines is 1. The second-order valence-electron chi connectivity index (χ2n) is 8.66. The predicted octanol–water partition coefficient (Wildman–Crippen LogP) is 5.74. The van der Waals surface area contributed by atoms with Gasteiger partial charge in [-0.2, -0.15) is 9.57 Å². The number of carbonyl (C=O) groups excluding carboxylic acids is 1. The first kappa shape index (κ1) is 27.0. The van der Waals surface area contributed by atoms with Gasteiger partial charge >= 0.3 is 0 Å². The number of nitrogens with one attached hydrogen (secondary N) is 1. The van der Waals surface area contributed by atoms with Gasteiger partial charge in [0.05, 0.1) is 35.2 Å². The molecule has 0 saturated carbocycles. The van der Waals surface area contributed by atoms with Crippen LogP contribution < -0.4 is 5.32 Å². The highest BCUT2D eigenvalue weighted by molar-refractivity contribution is 7.89. The van der Waals surface area contributed by atoms with Crippen molar-refractivity contribution in [2.24, 2.45) is 0 Å². The highest BCUT2D eigenvalue weighted by Gasteiger charge is 2.30. The van der Waals surface area contributed by atoms with Gasteiger partial charge in [-0.1, -0.05) is 41.9 Å². The lowest BCUT2D eigenvalue weighted by molar-refractivity contribution is -0.115. The summed E-state index contributed by atoms with van der Waals surface area (Å²) in [4.78, 5) is 16.9. The maximum atomic E-state index is 13.7. The first-order valence-corrected chi connectivity index (χ1v) is 13.6. The van der Waals surface area contributed by atoms with Crippen LogP contribution in [0, 0.1) is 11.3 Å². The minimum absolute atomic E-state index is 0.0580. The van der Waals surface area contributed by atoms with E-state index >= 15 is 0 Å². The number of carbonyl (C=O) groups is 1. The van der Waals surface area contributed by atoms with Crippen LogP contribution in [0.15, 0.2) is 102 Å². The van der Waals surface area contributed by atoms with Crippen molar-refractivity contribution in [3.63, 3.8) is 0 Å². The number of amides is 1. The Morgan fingerprint density at radius 1 is 1.03 bits per heavy atom. The molecule has 192 valence electrons. The number of hydrogen-bond donors (Lipinski definition) is 1. The van der Waals surface area contributed by atoms with Gasteiger partial charge in [0.2, 0.25) is 15.9 Å². The Labute approximate surface area is 227 Å². The molecule has 0 saturated heterocycles. The average molecular weight is 545 g/mol. The number of halogens is 1. The number of pyridine rings is 1. The summed E-state index contributed by atoms with van der Waals surface area (Å²) in [6, 6.07) is 26.8. The molecule has 1 aromatic heterocycles. The van der Waals surface area contributed by atoms with Gasteiger partial charge in [0.15, 0.2) is 0 Å². The van der Waals surface area contributed by atoms with E-state index in [1.807, 2.05) is 12.1 Å². The van der Waals surface area contributed by atoms with E-state index in [4.69, 9.17) is 16.9 Å². The zero-order chi connectivity index (χ0) is 27.1. The first-order valence-electron chi connectivity index (χ1n) is 11.8. The number of sulfonamides is 1. The summed E-state index contributed by atoms with van der Waals surface area (Å²) < 4.78 is 28.8. The van der Waals surface area contributed by atoms with E-state index in [0.29, 0.717) is 22.0 Å². The molecule has 0 aliphatic carbocycles. The summed E-state index contributed by atoms with van der Waals surface area (Å²) in [5.41, 5.74) is 3.12. The fraction of sp³-hybridized carbons (Fsp3) is 0.138. The molecule has 4 aromatic rings. The average Bonchev–Trinajstić information content (AvgIpc) is 2.92. The van der Waals surface area contributed by atoms with Crippen LogP contribution in [0.1, 0.15) is 35.3 Å². The van der Waals surface area contributed by atoms with Crippen LogP contribution in [-0.4, -0.2) is 23.6 Å². The summed E-state index contributed by atoms with van der Waals surface area (Å²) in [7, 11) is -3.94. The minimum atomic E-state index is -3.94. The molecule has 0 bridgehead atoms. The van der Waals surface area contributed by atoms with E-state index in [1.54, 1.807) is 73.8 Å². The Hall–Kier alpha value is -4.03. The highest BCUT2D eigenvalue weighted by atomic mass is 35.5. The molecule has 1 N–H and O–H groups in total. The van der Waals surface area contributed by atoms with E-state index in [2.05, 4.69) is 10.3 Å². The third-order valence-electron chi connectivity index (χ3n) is 6.00. The van der Waals surface area contributed by atoms with Gasteiger partial charge in [0.25, 0.3) is 0 Å². The van der Waals surface area contributed by atoms with Gasteiger partial charge in [-0.05, 0) is 78.7 Å². The third-order valence-corrected chi connectivity index (χ3v) is 8.16. The lowest BCUT2D eigenvalue weighted by Gasteiger charge is -2.28. The summed E-state index contributed by atoms with van der Waals surface area (Å²) >= 11 is 6.00. The lowest BCUT2D eigenvalue weighted by Crippen LogP contribution is -2.33. The number of hydrogen-bond acceptors (Lipinski definition) is 5. The molecular formula is C29H25ClN4O3S. The normalized spacial score (nSPS) is 12.1. The maximum Gasteiger partial charge on any atom is 0.243 e. The van der Waals surface area contributed by atoms with Crippen LogP contribution in [0.2, 0.25) is 5.02 Å². The smallest absolute Gasteiger partial charge is 0.243 e. The molecule has 4 rings (SSSR count). The molecule has 7 nitrogen and oxygen atoms in total. The molecular weight excluding hydrogens is 520 g/mol. The van der Waals surface area contributed by atoms with Crippen molar-refractivity contribution >= 4 is 33.2 Å². The molecule has 0 radical (unpaired) electrons. The number of nitriles is 1. The summed E-state index contributed by atoms with van der Waals surface area (Å²) in [5, 5.41) is 12.5. The topological polar surface area (TPSA) is 103 Å². The summed E-state index contributed by atoms with van der Waals surface area (Å²) in [6.07, 6.45) is 1.80. The number of aromatic nitrogens is 1. The first-order chi connectivity index (χ1) is 18.3. The van der Waals surface area contributed by atoms with Gasteiger partial charge in [-0.15, -0.1) is 0 Å². The van der Waals surface area contributed by atoms with Crippen LogP contribution in [0.3, 0.4) is 0 Å². The molecule has 1 heterocycles. The lowest BCUT2D eigenvalue weighted by atomic mass is 10.1. The summed E-state index contributed by atoms with van der Waals surface area (Å²) in [5.74, 6) is -0.187. The molecule has 0 aliphatic heterocycles. The van der Waals surface area contributed by atoms with Crippen molar-refractivity contribution in [1.82, 2.24) is 9.29 Å². The van der Waals surface area contributed by atoms with Crippen LogP contribution in [0.5, 0.6) is 0 Å². The van der Waals surface area contributed by atoms with Crippen molar-refractivity contribution in [1.29, 1.82) is 5.26 Å². The number of nitrogens with zero attached hydrogens (tertiary/aromatic N) is 3. The standard InChI is InChI=1S/C29H25ClN4O3S/c1-21(24-10-12-26(13-11-24)33-29(35)18-23-5-4-6-25(30)17-23)34(20-27-7-2-3-16-32-27)38(36,37)28-14-8-22(19-31)9-15-28/h2-17,21H,18,20H2,1H3,(H,33,35)/t21-/m0/s1. The van der Waals surface area contributed by atoms with E-state index in [9.17, 15) is 13.2 Å². The Kier molecular flexibility index (Phi) is 8.54. The van der Waals surface area contributed by atoms with Crippen molar-refractivity contribution in [2.75, 3.05) is 5.32 Å². The molecule has 38 heavy (non-hydrogen) atoms. The van der Waals surface area contributed by atoms with Crippen molar-refractivity contribution < 1.29 is 13.2 Å². The van der Waals surface area contributed by atoms with E-state index in [1.165, 1.54) is 28.6 Å². The van der Waals surface area contributed by atoms with Crippen molar-refractivity contribution in [2.45, 2.75) is 30.8 Å². The van der Waals surface area contributed by atoms with Gasteiger partial charge in [0, 0.05) is 22.9 Å². The van der Waals surface area contributed by atoms with Crippen molar-refractivity contribution in [3.05, 3.63) is 125 Å². The quantitative estimate of drug-likeness (QED) is 0.289. The van der Waals surface area contributed by atoms with Gasteiger partial charge in [-0.3, -0.25) is 9.78 Å². The Balaban J connectivity index is 1.55. The van der Waals surface area contributed by atoms with Crippen LogP contribution >= 0.6 is 11.6 Å². The monoisotopic (exact) mass is 544 g/mol. The maximum absolute atomic E-state index is 13.7. The second kappa shape index (κ2) is 12.0. The van der Waals surface area contributed by atoms with Crippen molar-refractivity contribution in [3.8, 4) is 6.07 Å². The Bertz CT molecular complexity index is 1550. The fourth-order valence-corrected chi connectivity index (χ4v) is 5.77. The fourth-order valence-electron chi connectivity index (χ4n) is 3.97. The van der Waals surface area contributed by atoms with E-state index in [-0.39, 0.29) is 23.8 Å². The minimum Gasteiger partial charge on any atom is -0.326 e. The SMILES string of the molecule is C[C@@H](c1ccc(NC(=O)Cc2cccc(Cl)c2)cc1)N(Cc1ccccn1)S(=O)(=O)c1ccc(C#N)cc1. The molecule has 0 unspecified atom stereocenters. The Morgan fingerprint density at radius 3 is 2.39 bits per heavy atom. The highest BCUT2D eigenvalue weighted by Crippen LogP contribution is 2.30. The number of benzene rings is 3. The largest absolute Gasteiger partial charge is 0.326 e. The van der Waals surface area contributed by atoms with Gasteiger partial charge < -0.3 is 5.32 Å². The second-order valence-corrected chi connectivity index (χ2v) is 11.0.